The van der Waals surface area contributed by atoms with E-state index in [1.54, 1.807) is 6.07 Å². The molecule has 2 aliphatic heterocycles. The van der Waals surface area contributed by atoms with E-state index in [1.807, 2.05) is 43.0 Å². The molecule has 0 unspecified atom stereocenters. The first-order valence-electron chi connectivity index (χ1n) is 27.6. The summed E-state index contributed by atoms with van der Waals surface area (Å²) in [6.45, 7) is 46.7. The number of hydrogen-bond acceptors (Lipinski definition) is 4. The van der Waals surface area contributed by atoms with Crippen LogP contribution in [0, 0.1) is 5.82 Å². The van der Waals surface area contributed by atoms with Crippen molar-refractivity contribution in [3.63, 3.8) is 0 Å². The molecular weight excluding hydrogens is 910 g/mol. The monoisotopic (exact) mass is 1020 g/mol. The van der Waals surface area contributed by atoms with E-state index in [4.69, 9.17) is 14.2 Å². The first kappa shape index (κ1) is 67.6. The molecule has 0 radical (unpaired) electrons. The number of benzene rings is 5. The Morgan fingerprint density at radius 1 is 0.514 bits per heavy atom. The molecule has 0 aromatic heterocycles. The van der Waals surface area contributed by atoms with Crippen molar-refractivity contribution < 1.29 is 18.6 Å². The van der Waals surface area contributed by atoms with Gasteiger partial charge >= 0.3 is 0 Å². The maximum atomic E-state index is 13.9. The van der Waals surface area contributed by atoms with Gasteiger partial charge < -0.3 is 19.1 Å². The molecular formula is C69H108FNO3. The largest absolute Gasteiger partial charge is 0.491 e. The van der Waals surface area contributed by atoms with Gasteiger partial charge in [-0.2, -0.15) is 0 Å². The molecule has 0 N–H and O–H groups in total. The van der Waals surface area contributed by atoms with Crippen LogP contribution in [0.15, 0.2) is 115 Å². The Labute approximate surface area is 455 Å². The summed E-state index contributed by atoms with van der Waals surface area (Å²) in [6.07, 6.45) is 3.74. The zero-order valence-corrected chi connectivity index (χ0v) is 48.8. The molecule has 5 aromatic rings. The van der Waals surface area contributed by atoms with Crippen LogP contribution < -0.4 is 9.64 Å². The molecule has 5 heteroatoms. The van der Waals surface area contributed by atoms with Crippen LogP contribution in [0.4, 0.5) is 10.1 Å². The number of ether oxygens (including phenoxy) is 3. The zero-order chi connectivity index (χ0) is 53.8. The van der Waals surface area contributed by atoms with Crippen LogP contribution in [-0.4, -0.2) is 45.6 Å². The lowest BCUT2D eigenvalue weighted by Gasteiger charge is -2.34. The number of rotatable bonds is 11. The lowest BCUT2D eigenvalue weighted by molar-refractivity contribution is 0.0564. The normalized spacial score (nSPS) is 14.3. The molecule has 414 valence electrons. The van der Waals surface area contributed by atoms with Gasteiger partial charge in [-0.15, -0.1) is 0 Å². The van der Waals surface area contributed by atoms with Gasteiger partial charge in [-0.1, -0.05) is 224 Å². The third-order valence-electron chi connectivity index (χ3n) is 14.5. The third-order valence-corrected chi connectivity index (χ3v) is 14.5. The van der Waals surface area contributed by atoms with Crippen molar-refractivity contribution in [2.75, 3.05) is 44.4 Å². The van der Waals surface area contributed by atoms with E-state index in [0.29, 0.717) is 59.3 Å². The molecule has 2 saturated heterocycles. The zero-order valence-electron chi connectivity index (χ0n) is 48.8. The van der Waals surface area contributed by atoms with E-state index in [1.165, 1.54) is 45.4 Å². The Morgan fingerprint density at radius 2 is 0.878 bits per heavy atom. The number of halogens is 1. The van der Waals surface area contributed by atoms with Crippen LogP contribution >= 0.6 is 0 Å². The molecule has 2 aliphatic rings. The second-order valence-electron chi connectivity index (χ2n) is 23.8. The third kappa shape index (κ3) is 22.4. The van der Waals surface area contributed by atoms with E-state index in [9.17, 15) is 4.39 Å². The molecule has 0 bridgehead atoms. The highest BCUT2D eigenvalue weighted by molar-refractivity contribution is 5.50. The van der Waals surface area contributed by atoms with Gasteiger partial charge in [0.1, 0.15) is 11.6 Å². The quantitative estimate of drug-likeness (QED) is 0.132. The van der Waals surface area contributed by atoms with Gasteiger partial charge in [-0.05, 0) is 148 Å². The summed E-state index contributed by atoms with van der Waals surface area (Å²) < 4.78 is 30.2. The second-order valence-corrected chi connectivity index (χ2v) is 23.8. The summed E-state index contributed by atoms with van der Waals surface area (Å²) in [5, 5.41) is 0. The average Bonchev–Trinajstić information content (AvgIpc) is 3.35. The van der Waals surface area contributed by atoms with Crippen LogP contribution in [0.25, 0.3) is 0 Å². The first-order valence-corrected chi connectivity index (χ1v) is 27.6. The van der Waals surface area contributed by atoms with Gasteiger partial charge in [0.25, 0.3) is 0 Å². The van der Waals surface area contributed by atoms with Gasteiger partial charge in [0, 0.05) is 26.3 Å². The van der Waals surface area contributed by atoms with Crippen molar-refractivity contribution in [3.05, 3.63) is 166 Å². The Balaban J connectivity index is 0.000000461. The van der Waals surface area contributed by atoms with E-state index < -0.39 is 0 Å². The number of anilines is 1. The Bertz CT molecular complexity index is 2230. The fourth-order valence-corrected chi connectivity index (χ4v) is 8.42. The summed E-state index contributed by atoms with van der Waals surface area (Å²) in [7, 11) is 0. The van der Waals surface area contributed by atoms with E-state index in [2.05, 4.69) is 203 Å². The van der Waals surface area contributed by atoms with Crippen molar-refractivity contribution in [3.8, 4) is 5.75 Å². The van der Waals surface area contributed by atoms with Crippen LogP contribution in [-0.2, 0) is 25.7 Å². The number of morpholine rings is 1. The van der Waals surface area contributed by atoms with Crippen molar-refractivity contribution >= 4 is 5.69 Å². The molecule has 2 fully saturated rings. The van der Waals surface area contributed by atoms with E-state index >= 15 is 0 Å². The van der Waals surface area contributed by atoms with Gasteiger partial charge in [-0.25, -0.2) is 4.39 Å². The molecule has 4 nitrogen and oxygen atoms in total. The maximum absolute atomic E-state index is 13.9. The van der Waals surface area contributed by atoms with Gasteiger partial charge in [-0.3, -0.25) is 0 Å². The molecule has 0 aliphatic carbocycles. The fraction of sp³-hybridized carbons (Fsp3) is 0.565. The smallest absolute Gasteiger partial charge is 0.146 e. The standard InChI is InChI=1S/C15H22O.C14H22.C13H18FNO.C13H20.C12H18O.2CH4/c1-12(2)13-4-6-14(7-5-13)15(3)8-10-16-11-9-15;1-6-14(4,5)13-9-7-12(8-10-13)11(2)3;1-10(2)11-3-4-13(12(14)9-11)15-5-7-16-8-6-15;1-10(2)11-6-8-12(9-7-11)13(3,4)5;1-9(2)11-5-7-12(8-6-11)13-10(3)4;;/h4-7,12H,8-11H2,1-3H3;7-11H,6H2,1-5H3;3-4,9-10H,5-8H2,1-2H3;6-10H,1-5H3;5-10H,1-4H3;2*1H4. The minimum absolute atomic E-state index is 0. The predicted octanol–water partition coefficient (Wildman–Crippen LogP) is 20.1. The average molecular weight is 1020 g/mol. The highest BCUT2D eigenvalue weighted by Gasteiger charge is 2.29. The van der Waals surface area contributed by atoms with Gasteiger partial charge in [0.05, 0.1) is 25.0 Å². The van der Waals surface area contributed by atoms with Crippen LogP contribution in [0.2, 0.25) is 0 Å². The second kappa shape index (κ2) is 32.2. The van der Waals surface area contributed by atoms with E-state index in [0.717, 1.165) is 50.5 Å². The molecule has 0 atom stereocenters. The minimum Gasteiger partial charge on any atom is -0.491 e. The fourth-order valence-electron chi connectivity index (χ4n) is 8.42. The Hall–Kier alpha value is -4.45. The lowest BCUT2D eigenvalue weighted by atomic mass is 9.76. The van der Waals surface area contributed by atoms with Crippen LogP contribution in [0.3, 0.4) is 0 Å². The summed E-state index contributed by atoms with van der Waals surface area (Å²) in [5.74, 6) is 3.69. The van der Waals surface area contributed by atoms with Crippen molar-refractivity contribution in [1.82, 2.24) is 0 Å². The lowest BCUT2D eigenvalue weighted by Crippen LogP contribution is -2.36. The molecule has 2 heterocycles. The van der Waals surface area contributed by atoms with E-state index in [-0.39, 0.29) is 32.2 Å². The van der Waals surface area contributed by atoms with Crippen LogP contribution in [0.5, 0.6) is 5.75 Å². The summed E-state index contributed by atoms with van der Waals surface area (Å²) >= 11 is 0. The molecule has 7 rings (SSSR count). The summed E-state index contributed by atoms with van der Waals surface area (Å²) in [6, 6.07) is 41.1. The molecule has 74 heavy (non-hydrogen) atoms. The molecule has 5 aromatic carbocycles. The van der Waals surface area contributed by atoms with Crippen LogP contribution in [0.1, 0.15) is 240 Å². The molecule has 0 amide bonds. The van der Waals surface area contributed by atoms with Gasteiger partial charge in [0.2, 0.25) is 0 Å². The molecule has 0 spiro atoms. The summed E-state index contributed by atoms with van der Waals surface area (Å²) in [4.78, 5) is 2.04. The number of nitrogens with zero attached hydrogens (tertiary/aromatic N) is 1. The maximum Gasteiger partial charge on any atom is 0.146 e. The topological polar surface area (TPSA) is 30.9 Å². The number of hydrogen-bond donors (Lipinski definition) is 0. The highest BCUT2D eigenvalue weighted by Crippen LogP contribution is 2.35. The Kier molecular flexibility index (Phi) is 29.4. The SMILES string of the molecule is C.C.CC(C)Oc1ccc(C(C)C)cc1.CC(C)c1ccc(C(C)(C)C)cc1.CC(C)c1ccc(C2(C)CCOCC2)cc1.CC(C)c1ccc(N2CCOCC2)c(F)c1.CCC(C)(C)c1ccc(C(C)C)cc1. The minimum atomic E-state index is -0.117. The predicted molar refractivity (Wildman–Crippen MR) is 324 cm³/mol. The Morgan fingerprint density at radius 3 is 1.24 bits per heavy atom. The van der Waals surface area contributed by atoms with Crippen molar-refractivity contribution in [1.29, 1.82) is 0 Å². The summed E-state index contributed by atoms with van der Waals surface area (Å²) in [5.41, 5.74) is 12.6. The molecule has 0 saturated carbocycles. The highest BCUT2D eigenvalue weighted by atomic mass is 19.1. The van der Waals surface area contributed by atoms with Crippen molar-refractivity contribution in [2.24, 2.45) is 0 Å². The van der Waals surface area contributed by atoms with Crippen molar-refractivity contribution in [2.45, 2.75) is 218 Å². The first-order chi connectivity index (χ1) is 33.8. The van der Waals surface area contributed by atoms with Gasteiger partial charge in [0.15, 0.2) is 0 Å².